The molecular formula is C28H19ClN2O5. The lowest BCUT2D eigenvalue weighted by molar-refractivity contribution is -0.120. The van der Waals surface area contributed by atoms with Gasteiger partial charge in [-0.3, -0.25) is 9.59 Å². The lowest BCUT2D eigenvalue weighted by atomic mass is 10.1. The molecule has 0 atom stereocenters. The van der Waals surface area contributed by atoms with E-state index in [2.05, 4.69) is 5.32 Å². The van der Waals surface area contributed by atoms with Gasteiger partial charge in [-0.1, -0.05) is 54.1 Å². The maximum absolute atomic E-state index is 13.2. The highest BCUT2D eigenvalue weighted by Crippen LogP contribution is 2.34. The largest absolute Gasteiger partial charge is 0.497 e. The van der Waals surface area contributed by atoms with E-state index in [-0.39, 0.29) is 10.7 Å². The van der Waals surface area contributed by atoms with E-state index in [1.165, 1.54) is 7.11 Å². The molecule has 2 amide bonds. The number of methoxy groups -OCH3 is 1. The first-order valence-electron chi connectivity index (χ1n) is 11.0. The Kier molecular flexibility index (Phi) is 6.14. The van der Waals surface area contributed by atoms with Crippen LogP contribution in [-0.2, 0) is 9.59 Å². The fraction of sp³-hybridized carbons (Fsp3) is 0.0357. The minimum atomic E-state index is -0.612. The summed E-state index contributed by atoms with van der Waals surface area (Å²) in [5.41, 5.74) is 1.19. The molecule has 0 saturated heterocycles. The van der Waals surface area contributed by atoms with Gasteiger partial charge in [0.2, 0.25) is 0 Å². The van der Waals surface area contributed by atoms with E-state index in [0.717, 1.165) is 15.7 Å². The molecule has 0 spiro atoms. The first-order chi connectivity index (χ1) is 17.5. The number of hydrogen-bond donors (Lipinski definition) is 1. The fourth-order valence-corrected chi connectivity index (χ4v) is 4.11. The lowest BCUT2D eigenvalue weighted by Gasteiger charge is -2.17. The van der Waals surface area contributed by atoms with Crippen LogP contribution in [0.2, 0.25) is 0 Å². The summed E-state index contributed by atoms with van der Waals surface area (Å²) in [6.45, 7) is 0. The molecule has 0 radical (unpaired) electrons. The van der Waals surface area contributed by atoms with Crippen LogP contribution in [0.1, 0.15) is 10.4 Å². The summed E-state index contributed by atoms with van der Waals surface area (Å²) in [5, 5.41) is 4.35. The highest BCUT2D eigenvalue weighted by atomic mass is 35.5. The number of imide groups is 1. The molecule has 1 aliphatic heterocycles. The summed E-state index contributed by atoms with van der Waals surface area (Å²) in [7, 11) is 1.53. The molecular weight excluding hydrogens is 480 g/mol. The zero-order chi connectivity index (χ0) is 25.2. The van der Waals surface area contributed by atoms with Gasteiger partial charge in [-0.05, 0) is 47.9 Å². The zero-order valence-electron chi connectivity index (χ0n) is 19.0. The number of carbonyl (C=O) groups excluding carboxylic acids is 3. The Bertz CT molecular complexity index is 1540. The number of hydrogen-bond acceptors (Lipinski definition) is 6. The van der Waals surface area contributed by atoms with Crippen molar-refractivity contribution in [2.75, 3.05) is 17.3 Å². The van der Waals surface area contributed by atoms with E-state index in [1.54, 1.807) is 60.7 Å². The van der Waals surface area contributed by atoms with Crippen LogP contribution in [0.4, 0.5) is 11.4 Å². The summed E-state index contributed by atoms with van der Waals surface area (Å²) >= 11 is 6.29. The van der Waals surface area contributed by atoms with Crippen molar-refractivity contribution in [2.45, 2.75) is 0 Å². The van der Waals surface area contributed by atoms with Gasteiger partial charge in [0.05, 0.1) is 18.4 Å². The number of nitrogens with zero attached hydrogens (tertiary/aromatic N) is 1. The van der Waals surface area contributed by atoms with E-state index in [9.17, 15) is 14.4 Å². The first-order valence-corrected chi connectivity index (χ1v) is 11.3. The van der Waals surface area contributed by atoms with E-state index >= 15 is 0 Å². The Morgan fingerprint density at radius 2 is 1.53 bits per heavy atom. The molecule has 0 saturated carbocycles. The average Bonchev–Trinajstić information content (AvgIpc) is 3.11. The Morgan fingerprint density at radius 3 is 2.31 bits per heavy atom. The zero-order valence-corrected chi connectivity index (χ0v) is 19.8. The summed E-state index contributed by atoms with van der Waals surface area (Å²) in [6.07, 6.45) is 0. The number of esters is 1. The predicted molar refractivity (Wildman–Crippen MR) is 137 cm³/mol. The molecule has 4 aromatic carbocycles. The van der Waals surface area contributed by atoms with Gasteiger partial charge in [0.1, 0.15) is 22.2 Å². The number of amides is 2. The molecule has 36 heavy (non-hydrogen) atoms. The number of halogens is 1. The van der Waals surface area contributed by atoms with Crippen molar-refractivity contribution in [3.8, 4) is 11.5 Å². The SMILES string of the molecule is COc1cccc(OC(=O)c2ccc(NC3=C(Cl)C(=O)N(c4cccc5ccccc45)C3=O)cc2)c1. The third kappa shape index (κ3) is 4.28. The Labute approximate surface area is 211 Å². The fourth-order valence-electron chi connectivity index (χ4n) is 3.90. The van der Waals surface area contributed by atoms with Crippen molar-refractivity contribution in [2.24, 2.45) is 0 Å². The van der Waals surface area contributed by atoms with Gasteiger partial charge < -0.3 is 14.8 Å². The molecule has 4 aromatic rings. The van der Waals surface area contributed by atoms with Crippen LogP contribution in [0, 0.1) is 0 Å². The monoisotopic (exact) mass is 498 g/mol. The molecule has 0 bridgehead atoms. The average molecular weight is 499 g/mol. The number of ether oxygens (including phenoxy) is 2. The highest BCUT2D eigenvalue weighted by Gasteiger charge is 2.39. The molecule has 0 unspecified atom stereocenters. The van der Waals surface area contributed by atoms with Gasteiger partial charge >= 0.3 is 5.97 Å². The van der Waals surface area contributed by atoms with Crippen molar-refractivity contribution >= 4 is 51.5 Å². The van der Waals surface area contributed by atoms with Crippen LogP contribution >= 0.6 is 11.6 Å². The normalized spacial score (nSPS) is 13.3. The lowest BCUT2D eigenvalue weighted by Crippen LogP contribution is -2.32. The molecule has 1 aliphatic rings. The summed E-state index contributed by atoms with van der Waals surface area (Å²) in [5.74, 6) is -0.816. The second-order valence-corrected chi connectivity index (χ2v) is 8.28. The van der Waals surface area contributed by atoms with Gasteiger partial charge in [0.25, 0.3) is 11.8 Å². The number of nitrogens with one attached hydrogen (secondary N) is 1. The van der Waals surface area contributed by atoms with Gasteiger partial charge in [0.15, 0.2) is 0 Å². The molecule has 0 aliphatic carbocycles. The number of rotatable bonds is 6. The molecule has 5 rings (SSSR count). The second-order valence-electron chi connectivity index (χ2n) is 7.90. The molecule has 8 heteroatoms. The summed E-state index contributed by atoms with van der Waals surface area (Å²) in [4.78, 5) is 39.7. The minimum Gasteiger partial charge on any atom is -0.497 e. The third-order valence-electron chi connectivity index (χ3n) is 5.68. The van der Waals surface area contributed by atoms with Crippen LogP contribution in [0.25, 0.3) is 10.8 Å². The maximum Gasteiger partial charge on any atom is 0.343 e. The van der Waals surface area contributed by atoms with Gasteiger partial charge in [-0.25, -0.2) is 9.69 Å². The maximum atomic E-state index is 13.2. The number of fused-ring (bicyclic) bond motifs is 1. The van der Waals surface area contributed by atoms with Crippen LogP contribution < -0.4 is 19.7 Å². The van der Waals surface area contributed by atoms with Crippen molar-refractivity contribution in [1.29, 1.82) is 0 Å². The summed E-state index contributed by atoms with van der Waals surface area (Å²) < 4.78 is 10.5. The smallest absolute Gasteiger partial charge is 0.343 e. The standard InChI is InChI=1S/C28H19ClN2O5/c1-35-20-8-5-9-21(16-20)36-28(34)18-12-14-19(15-13-18)30-25-24(29)26(32)31(27(25)33)23-11-4-7-17-6-2-3-10-22(17)23/h2-16,30H,1H3. The van der Waals surface area contributed by atoms with Gasteiger partial charge in [0, 0.05) is 17.1 Å². The Hall–Kier alpha value is -4.62. The molecule has 178 valence electrons. The van der Waals surface area contributed by atoms with Crippen LogP contribution in [0.5, 0.6) is 11.5 Å². The van der Waals surface area contributed by atoms with Crippen molar-refractivity contribution in [3.05, 3.63) is 107 Å². The van der Waals surface area contributed by atoms with Crippen LogP contribution in [-0.4, -0.2) is 24.9 Å². The minimum absolute atomic E-state index is 0.0405. The molecule has 0 fully saturated rings. The van der Waals surface area contributed by atoms with Crippen molar-refractivity contribution in [3.63, 3.8) is 0 Å². The van der Waals surface area contributed by atoms with Gasteiger partial charge in [-0.2, -0.15) is 0 Å². The van der Waals surface area contributed by atoms with Crippen LogP contribution in [0.15, 0.2) is 102 Å². The van der Waals surface area contributed by atoms with Gasteiger partial charge in [-0.15, -0.1) is 0 Å². The van der Waals surface area contributed by atoms with E-state index < -0.39 is 17.8 Å². The number of anilines is 2. The molecule has 1 N–H and O–H groups in total. The third-order valence-corrected chi connectivity index (χ3v) is 6.03. The number of carbonyl (C=O) groups is 3. The Morgan fingerprint density at radius 1 is 0.833 bits per heavy atom. The Balaban J connectivity index is 1.33. The van der Waals surface area contributed by atoms with Crippen LogP contribution in [0.3, 0.4) is 0 Å². The topological polar surface area (TPSA) is 84.9 Å². The number of benzene rings is 4. The van der Waals surface area contributed by atoms with Crippen molar-refractivity contribution in [1.82, 2.24) is 0 Å². The highest BCUT2D eigenvalue weighted by molar-refractivity contribution is 6.53. The molecule has 7 nitrogen and oxygen atoms in total. The quantitative estimate of drug-likeness (QED) is 0.214. The first kappa shape index (κ1) is 23.1. The van der Waals surface area contributed by atoms with E-state index in [4.69, 9.17) is 21.1 Å². The predicted octanol–water partition coefficient (Wildman–Crippen LogP) is 5.50. The van der Waals surface area contributed by atoms with E-state index in [0.29, 0.717) is 28.4 Å². The molecule has 1 heterocycles. The van der Waals surface area contributed by atoms with Crippen molar-refractivity contribution < 1.29 is 23.9 Å². The molecule has 0 aromatic heterocycles. The second kappa shape index (κ2) is 9.56. The summed E-state index contributed by atoms with van der Waals surface area (Å²) in [6, 6.07) is 25.8. The van der Waals surface area contributed by atoms with E-state index in [1.807, 2.05) is 30.3 Å².